The summed E-state index contributed by atoms with van der Waals surface area (Å²) in [5, 5.41) is 5.32. The van der Waals surface area contributed by atoms with Gasteiger partial charge in [-0.2, -0.15) is 0 Å². The van der Waals surface area contributed by atoms with Crippen molar-refractivity contribution in [2.75, 3.05) is 0 Å². The largest absolute Gasteiger partial charge is 0.233 e. The highest BCUT2D eigenvalue weighted by Crippen LogP contribution is 2.48. The SMILES string of the molecule is C=C(/N=C(\N=C(/C)c1ccc(-c2cc(-c3ccc4c(c3)-c3cccc5cccc-4c35)cc3c2=CC(C)CC=3)cc1)C1=CC=CCC1)C1=CCCC=C1. The summed E-state index contributed by atoms with van der Waals surface area (Å²) >= 11 is 0. The molecule has 9 rings (SSSR count). The van der Waals surface area contributed by atoms with Crippen LogP contribution in [0.4, 0.5) is 0 Å². The van der Waals surface area contributed by atoms with E-state index in [1.165, 1.54) is 65.7 Å². The maximum absolute atomic E-state index is 5.14. The Morgan fingerprint density at radius 2 is 1.50 bits per heavy atom. The van der Waals surface area contributed by atoms with Gasteiger partial charge in [0.25, 0.3) is 0 Å². The second kappa shape index (κ2) is 13.4. The van der Waals surface area contributed by atoms with Crippen molar-refractivity contribution >= 4 is 34.5 Å². The van der Waals surface area contributed by atoms with Crippen LogP contribution in [0.2, 0.25) is 0 Å². The molecule has 0 fully saturated rings. The Morgan fingerprint density at radius 3 is 2.27 bits per heavy atom. The fourth-order valence-corrected chi connectivity index (χ4v) is 8.16. The maximum atomic E-state index is 5.14. The zero-order valence-electron chi connectivity index (χ0n) is 30.0. The Balaban J connectivity index is 1.09. The van der Waals surface area contributed by atoms with E-state index < -0.39 is 0 Å². The molecule has 1 unspecified atom stereocenters. The van der Waals surface area contributed by atoms with Crippen LogP contribution in [0.15, 0.2) is 161 Å². The molecule has 0 aliphatic heterocycles. The average Bonchev–Trinajstić information content (AvgIpc) is 3.52. The molecule has 0 aromatic heterocycles. The lowest BCUT2D eigenvalue weighted by Gasteiger charge is -2.15. The number of amidine groups is 1. The number of benzene rings is 5. The van der Waals surface area contributed by atoms with E-state index in [0.717, 1.165) is 66.1 Å². The van der Waals surface area contributed by atoms with Crippen LogP contribution < -0.4 is 10.4 Å². The van der Waals surface area contributed by atoms with Crippen LogP contribution in [-0.2, 0) is 0 Å². The van der Waals surface area contributed by atoms with Crippen LogP contribution in [0.5, 0.6) is 0 Å². The van der Waals surface area contributed by atoms with Gasteiger partial charge in [-0.3, -0.25) is 0 Å². The monoisotopic (exact) mass is 670 g/mol. The van der Waals surface area contributed by atoms with Crippen LogP contribution in [0.1, 0.15) is 51.5 Å². The van der Waals surface area contributed by atoms with Gasteiger partial charge in [-0.25, -0.2) is 9.98 Å². The van der Waals surface area contributed by atoms with Crippen molar-refractivity contribution in [1.82, 2.24) is 0 Å². The third-order valence-corrected chi connectivity index (χ3v) is 11.0. The molecule has 5 aromatic rings. The molecular formula is C50H42N2. The molecule has 0 amide bonds. The Kier molecular flexibility index (Phi) is 8.24. The highest BCUT2D eigenvalue weighted by molar-refractivity contribution is 6.16. The molecule has 0 radical (unpaired) electrons. The van der Waals surface area contributed by atoms with E-state index in [9.17, 15) is 0 Å². The summed E-state index contributed by atoms with van der Waals surface area (Å²) in [7, 11) is 0. The Morgan fingerprint density at radius 1 is 0.712 bits per heavy atom. The molecule has 4 aliphatic rings. The molecule has 2 heteroatoms. The summed E-state index contributed by atoms with van der Waals surface area (Å²) in [5.41, 5.74) is 15.3. The molecule has 0 heterocycles. The molecule has 1 atom stereocenters. The standard InChI is InChI=1S/C50H42N2/c1-32-20-21-41-29-42(40-26-27-43-44-18-10-16-38-17-11-19-45(49(38)44)48(43)30-40)31-47(46(41)28-32)37-24-22-36(23-25-37)34(3)52-50(39-14-8-5-9-15-39)51-33(2)35-12-6-4-7-13-35/h5-6,8,10-14,16-19,21-32H,2,4,7,9,15,20H2,1,3H3/b51-50-,52-34+. The van der Waals surface area contributed by atoms with Crippen molar-refractivity contribution in [3.05, 3.63) is 167 Å². The first-order valence-electron chi connectivity index (χ1n) is 18.7. The van der Waals surface area contributed by atoms with Gasteiger partial charge in [0.2, 0.25) is 0 Å². The van der Waals surface area contributed by atoms with Crippen LogP contribution in [0, 0.1) is 5.92 Å². The molecule has 52 heavy (non-hydrogen) atoms. The first kappa shape index (κ1) is 32.1. The van der Waals surface area contributed by atoms with E-state index in [-0.39, 0.29) is 0 Å². The van der Waals surface area contributed by atoms with E-state index in [1.54, 1.807) is 0 Å². The summed E-state index contributed by atoms with van der Waals surface area (Å²) in [6.45, 7) is 8.72. The predicted molar refractivity (Wildman–Crippen MR) is 223 cm³/mol. The van der Waals surface area contributed by atoms with E-state index in [0.29, 0.717) is 5.92 Å². The average molecular weight is 671 g/mol. The zero-order chi connectivity index (χ0) is 35.2. The minimum absolute atomic E-state index is 0.501. The van der Waals surface area contributed by atoms with Crippen molar-refractivity contribution in [2.45, 2.75) is 46.0 Å². The Hall–Kier alpha value is -5.86. The van der Waals surface area contributed by atoms with Crippen molar-refractivity contribution in [3.8, 4) is 44.5 Å². The lowest BCUT2D eigenvalue weighted by molar-refractivity contribution is 0.800. The molecule has 0 N–H and O–H groups in total. The lowest BCUT2D eigenvalue weighted by atomic mass is 9.89. The highest BCUT2D eigenvalue weighted by Gasteiger charge is 2.22. The fourth-order valence-electron chi connectivity index (χ4n) is 8.16. The highest BCUT2D eigenvalue weighted by atomic mass is 14.9. The van der Waals surface area contributed by atoms with E-state index in [4.69, 9.17) is 9.98 Å². The molecule has 0 saturated heterocycles. The fraction of sp³-hybridized carbons (Fsp3) is 0.160. The second-order valence-electron chi connectivity index (χ2n) is 14.5. The number of hydrogen-bond donors (Lipinski definition) is 0. The number of fused-ring (bicyclic) bond motifs is 4. The quantitative estimate of drug-likeness (QED) is 0.124. The van der Waals surface area contributed by atoms with Crippen molar-refractivity contribution in [1.29, 1.82) is 0 Å². The third kappa shape index (κ3) is 5.89. The summed E-state index contributed by atoms with van der Waals surface area (Å²) in [4.78, 5) is 10.1. The molecule has 0 saturated carbocycles. The predicted octanol–water partition coefficient (Wildman–Crippen LogP) is 11.7. The van der Waals surface area contributed by atoms with Crippen LogP contribution >= 0.6 is 0 Å². The molecule has 252 valence electrons. The minimum Gasteiger partial charge on any atom is -0.233 e. The molecular weight excluding hydrogens is 629 g/mol. The summed E-state index contributed by atoms with van der Waals surface area (Å²) < 4.78 is 0. The smallest absolute Gasteiger partial charge is 0.155 e. The van der Waals surface area contributed by atoms with Gasteiger partial charge in [-0.15, -0.1) is 0 Å². The molecule has 4 aliphatic carbocycles. The number of hydrogen-bond acceptors (Lipinski definition) is 1. The second-order valence-corrected chi connectivity index (χ2v) is 14.5. The minimum atomic E-state index is 0.501. The molecule has 2 nitrogen and oxygen atoms in total. The maximum Gasteiger partial charge on any atom is 0.155 e. The van der Waals surface area contributed by atoms with Gasteiger partial charge in [0.15, 0.2) is 5.84 Å². The lowest BCUT2D eigenvalue weighted by Crippen LogP contribution is -2.30. The van der Waals surface area contributed by atoms with Crippen LogP contribution in [0.25, 0.3) is 67.4 Å². The third-order valence-electron chi connectivity index (χ3n) is 11.0. The van der Waals surface area contributed by atoms with Gasteiger partial charge in [0.05, 0.1) is 5.70 Å². The van der Waals surface area contributed by atoms with Gasteiger partial charge < -0.3 is 0 Å². The number of rotatable bonds is 6. The van der Waals surface area contributed by atoms with Crippen molar-refractivity contribution < 1.29 is 0 Å². The summed E-state index contributed by atoms with van der Waals surface area (Å²) in [6, 6.07) is 34.1. The van der Waals surface area contributed by atoms with Gasteiger partial charge in [0, 0.05) is 5.71 Å². The van der Waals surface area contributed by atoms with E-state index in [1.807, 2.05) is 0 Å². The number of allylic oxidation sites excluding steroid dienone is 6. The summed E-state index contributed by atoms with van der Waals surface area (Å²) in [5.74, 6) is 1.26. The van der Waals surface area contributed by atoms with E-state index >= 15 is 0 Å². The zero-order valence-corrected chi connectivity index (χ0v) is 30.0. The van der Waals surface area contributed by atoms with Crippen molar-refractivity contribution in [3.63, 3.8) is 0 Å². The Bertz CT molecular complexity index is 2610. The summed E-state index contributed by atoms with van der Waals surface area (Å²) in [6.07, 6.45) is 23.0. The van der Waals surface area contributed by atoms with Crippen molar-refractivity contribution in [2.24, 2.45) is 15.9 Å². The van der Waals surface area contributed by atoms with E-state index in [2.05, 4.69) is 160 Å². The van der Waals surface area contributed by atoms with Crippen LogP contribution in [-0.4, -0.2) is 11.5 Å². The topological polar surface area (TPSA) is 24.7 Å². The van der Waals surface area contributed by atoms with Gasteiger partial charge in [-0.1, -0.05) is 135 Å². The number of aliphatic imine (C=N–C) groups is 2. The van der Waals surface area contributed by atoms with Gasteiger partial charge >= 0.3 is 0 Å². The van der Waals surface area contributed by atoms with Crippen LogP contribution in [0.3, 0.4) is 0 Å². The molecule has 0 spiro atoms. The molecule has 5 aromatic carbocycles. The normalized spacial score (nSPS) is 17.5. The Labute approximate surface area is 306 Å². The molecule has 0 bridgehead atoms. The first-order chi connectivity index (χ1) is 25.5. The first-order valence-corrected chi connectivity index (χ1v) is 18.7. The van der Waals surface area contributed by atoms with Gasteiger partial charge in [0.1, 0.15) is 0 Å². The number of nitrogens with zero attached hydrogens (tertiary/aromatic N) is 2. The van der Waals surface area contributed by atoms with Gasteiger partial charge in [-0.05, 0) is 146 Å².